The number of rotatable bonds is 4. The molecule has 0 amide bonds. The molecule has 4 aromatic rings. The molecule has 0 fully saturated rings. The van der Waals surface area contributed by atoms with Gasteiger partial charge in [-0.15, -0.1) is 0 Å². The van der Waals surface area contributed by atoms with E-state index in [-0.39, 0.29) is 6.71 Å². The van der Waals surface area contributed by atoms with Gasteiger partial charge in [0.25, 0.3) is 6.71 Å². The molecule has 0 saturated carbocycles. The number of hydrogen-bond donors (Lipinski definition) is 2. The number of nitrogens with one attached hydrogen (secondary N) is 1. The van der Waals surface area contributed by atoms with E-state index in [1.54, 1.807) is 0 Å². The summed E-state index contributed by atoms with van der Waals surface area (Å²) in [4.78, 5) is 5.07. The second-order valence-corrected chi connectivity index (χ2v) is 8.42. The van der Waals surface area contributed by atoms with Gasteiger partial charge in [-0.3, -0.25) is 0 Å². The van der Waals surface area contributed by atoms with Crippen LogP contribution in [0.25, 0.3) is 27.9 Å². The fourth-order valence-electron chi connectivity index (χ4n) is 4.51. The van der Waals surface area contributed by atoms with Gasteiger partial charge in [0.05, 0.1) is 5.70 Å². The minimum Gasteiger partial charge on any atom is -0.398 e. The van der Waals surface area contributed by atoms with E-state index in [1.165, 1.54) is 5.56 Å². The Morgan fingerprint density at radius 2 is 1.88 bits per heavy atom. The van der Waals surface area contributed by atoms with Gasteiger partial charge in [-0.1, -0.05) is 54.6 Å². The minimum absolute atomic E-state index is 0.0128. The zero-order chi connectivity index (χ0) is 22.2. The summed E-state index contributed by atoms with van der Waals surface area (Å²) in [7, 11) is 0. The average molecular weight is 417 g/mol. The second-order valence-electron chi connectivity index (χ2n) is 8.42. The van der Waals surface area contributed by atoms with Crippen LogP contribution in [0, 0.1) is 18.2 Å². The lowest BCUT2D eigenvalue weighted by atomic mass is 9.45. The normalized spacial score (nSPS) is 12.9. The summed E-state index contributed by atoms with van der Waals surface area (Å²) in [5.41, 5.74) is 12.8. The van der Waals surface area contributed by atoms with Crippen LogP contribution in [-0.2, 0) is 12.9 Å². The number of nitrogens with two attached hydrogens (primary N) is 1. The number of aromatic nitrogens is 2. The molecule has 0 saturated heterocycles. The molecule has 1 aliphatic rings. The summed E-state index contributed by atoms with van der Waals surface area (Å²) < 4.78 is 2.25. The number of nitrogens with zero attached hydrogens (tertiary/aromatic N) is 3. The van der Waals surface area contributed by atoms with Crippen LogP contribution in [0.1, 0.15) is 17.0 Å². The maximum absolute atomic E-state index is 9.57. The maximum atomic E-state index is 9.57. The highest BCUT2D eigenvalue weighted by Gasteiger charge is 2.30. The van der Waals surface area contributed by atoms with Crippen molar-refractivity contribution < 1.29 is 0 Å². The van der Waals surface area contributed by atoms with Gasteiger partial charge in [0.15, 0.2) is 0 Å². The topological polar surface area (TPSA) is 79.7 Å². The Morgan fingerprint density at radius 3 is 2.66 bits per heavy atom. The van der Waals surface area contributed by atoms with Crippen LogP contribution in [0.2, 0.25) is 6.32 Å². The molecular weight excluding hydrogens is 393 g/mol. The number of fused-ring (bicyclic) bond motifs is 2. The van der Waals surface area contributed by atoms with E-state index < -0.39 is 0 Å². The van der Waals surface area contributed by atoms with Crippen LogP contribution in [0.5, 0.6) is 0 Å². The number of nitrogen functional groups attached to an aromatic ring is 1. The fraction of sp³-hybridized carbons (Fsp3) is 0.154. The van der Waals surface area contributed by atoms with Crippen molar-refractivity contribution in [3.05, 3.63) is 84.2 Å². The Bertz CT molecular complexity index is 1380. The Labute approximate surface area is 188 Å². The molecule has 5 nitrogen and oxygen atoms in total. The molecule has 0 aliphatic carbocycles. The Hall–Kier alpha value is -3.98. The predicted molar refractivity (Wildman–Crippen MR) is 133 cm³/mol. The third-order valence-corrected chi connectivity index (χ3v) is 6.23. The van der Waals surface area contributed by atoms with Gasteiger partial charge in [-0.25, -0.2) is 10.2 Å². The van der Waals surface area contributed by atoms with Gasteiger partial charge in [-0.05, 0) is 43.1 Å². The molecule has 3 aromatic carbocycles. The molecule has 32 heavy (non-hydrogen) atoms. The summed E-state index contributed by atoms with van der Waals surface area (Å²) >= 11 is 0. The number of aryl methyl sites for hydroxylation is 1. The maximum Gasteiger partial charge on any atom is 0.275 e. The van der Waals surface area contributed by atoms with Gasteiger partial charge < -0.3 is 15.6 Å². The lowest BCUT2D eigenvalue weighted by Crippen LogP contribution is -2.26. The van der Waals surface area contributed by atoms with Crippen molar-refractivity contribution in [1.82, 2.24) is 9.55 Å². The first-order chi connectivity index (χ1) is 15.5. The van der Waals surface area contributed by atoms with Crippen LogP contribution in [-0.4, -0.2) is 16.3 Å². The first-order valence-electron chi connectivity index (χ1n) is 10.8. The molecule has 156 valence electrons. The van der Waals surface area contributed by atoms with Gasteiger partial charge >= 0.3 is 0 Å². The van der Waals surface area contributed by atoms with Crippen molar-refractivity contribution in [2.24, 2.45) is 0 Å². The number of benzene rings is 3. The summed E-state index contributed by atoms with van der Waals surface area (Å²) in [6.07, 6.45) is 1.48. The van der Waals surface area contributed by atoms with E-state index in [9.17, 15) is 5.26 Å². The summed E-state index contributed by atoms with van der Waals surface area (Å²) in [5.74, 6) is 3.34. The van der Waals surface area contributed by atoms with E-state index >= 15 is 0 Å². The number of hydrogen-bond acceptors (Lipinski definition) is 4. The SMILES string of the molecule is C=C(Nc1ccc(C)cc1)c1nc(-c2cccc3c(N)cccc23)n2c1CB(C#N)CC2. The van der Waals surface area contributed by atoms with E-state index in [1.807, 2.05) is 36.4 Å². The van der Waals surface area contributed by atoms with Crippen LogP contribution >= 0.6 is 0 Å². The van der Waals surface area contributed by atoms with Crippen LogP contribution in [0.15, 0.2) is 67.2 Å². The molecule has 1 aromatic heterocycles. The minimum atomic E-state index is -0.0128. The molecule has 2 heterocycles. The Balaban J connectivity index is 1.63. The second kappa shape index (κ2) is 7.94. The standard InChI is InChI=1S/C26H24BN5/c1-17-9-11-19(12-10-17)30-18(2)25-24-15-27(16-28)13-14-32(24)26(31-25)22-7-3-6-21-20(22)5-4-8-23(21)29/h3-12,30H,2,13-15,29H2,1H3. The molecular formula is C26H24BN5. The van der Waals surface area contributed by atoms with E-state index in [2.05, 4.69) is 53.6 Å². The third kappa shape index (κ3) is 3.42. The predicted octanol–water partition coefficient (Wildman–Crippen LogP) is 5.33. The summed E-state index contributed by atoms with van der Waals surface area (Å²) in [5, 5.41) is 15.1. The zero-order valence-corrected chi connectivity index (χ0v) is 18.1. The van der Waals surface area contributed by atoms with Crippen LogP contribution in [0.3, 0.4) is 0 Å². The van der Waals surface area contributed by atoms with Crippen LogP contribution < -0.4 is 11.1 Å². The van der Waals surface area contributed by atoms with Gasteiger partial charge in [0, 0.05) is 40.5 Å². The van der Waals surface area contributed by atoms with Crippen molar-refractivity contribution in [2.45, 2.75) is 26.1 Å². The van der Waals surface area contributed by atoms with Gasteiger partial charge in [0.1, 0.15) is 11.5 Å². The third-order valence-electron chi connectivity index (χ3n) is 6.23. The molecule has 0 bridgehead atoms. The monoisotopic (exact) mass is 417 g/mol. The van der Waals surface area contributed by atoms with E-state index in [0.717, 1.165) is 63.5 Å². The van der Waals surface area contributed by atoms with Crippen molar-refractivity contribution in [1.29, 1.82) is 5.26 Å². The lowest BCUT2D eigenvalue weighted by molar-refractivity contribution is 0.710. The zero-order valence-electron chi connectivity index (χ0n) is 18.1. The Morgan fingerprint density at radius 1 is 1.12 bits per heavy atom. The highest BCUT2D eigenvalue weighted by atomic mass is 15.1. The highest BCUT2D eigenvalue weighted by molar-refractivity contribution is 6.66. The smallest absolute Gasteiger partial charge is 0.275 e. The van der Waals surface area contributed by atoms with Crippen LogP contribution in [0.4, 0.5) is 11.4 Å². The van der Waals surface area contributed by atoms with Gasteiger partial charge in [-0.2, -0.15) is 0 Å². The molecule has 0 atom stereocenters. The fourth-order valence-corrected chi connectivity index (χ4v) is 4.51. The molecule has 6 heteroatoms. The summed E-state index contributed by atoms with van der Waals surface area (Å²) in [6.45, 7) is 7.10. The Kier molecular flexibility index (Phi) is 4.95. The van der Waals surface area contributed by atoms with Crippen molar-refractivity contribution >= 4 is 34.6 Å². The van der Waals surface area contributed by atoms with Gasteiger partial charge in [0.2, 0.25) is 0 Å². The molecule has 3 N–H and O–H groups in total. The largest absolute Gasteiger partial charge is 0.398 e. The molecule has 0 unspecified atom stereocenters. The summed E-state index contributed by atoms with van der Waals surface area (Å²) in [6, 6.07) is 20.3. The molecule has 5 rings (SSSR count). The average Bonchev–Trinajstić information content (AvgIpc) is 3.19. The number of imidazole rings is 1. The first-order valence-corrected chi connectivity index (χ1v) is 10.8. The van der Waals surface area contributed by atoms with E-state index in [0.29, 0.717) is 6.32 Å². The van der Waals surface area contributed by atoms with Crippen molar-refractivity contribution in [2.75, 3.05) is 11.1 Å². The first kappa shape index (κ1) is 20.0. The highest BCUT2D eigenvalue weighted by Crippen LogP contribution is 2.35. The lowest BCUT2D eigenvalue weighted by Gasteiger charge is -2.20. The molecule has 1 aliphatic heterocycles. The molecule has 0 spiro atoms. The van der Waals surface area contributed by atoms with Crippen molar-refractivity contribution in [3.63, 3.8) is 0 Å². The van der Waals surface area contributed by atoms with E-state index in [4.69, 9.17) is 10.7 Å². The quantitative estimate of drug-likeness (QED) is 0.348. The van der Waals surface area contributed by atoms with Crippen molar-refractivity contribution in [3.8, 4) is 17.4 Å². The molecule has 0 radical (unpaired) electrons. The number of anilines is 2. The number of nitriles is 1.